The fourth-order valence-corrected chi connectivity index (χ4v) is 12.2. The van der Waals surface area contributed by atoms with Crippen LogP contribution in [0.15, 0.2) is 243 Å². The predicted molar refractivity (Wildman–Crippen MR) is 266 cm³/mol. The Labute approximate surface area is 377 Å². The molecule has 0 aliphatic heterocycles. The number of para-hydroxylation sites is 3. The number of hydrogen-bond acceptors (Lipinski definition) is 2. The smallest absolute Gasteiger partial charge is 0.0713 e. The van der Waals surface area contributed by atoms with Crippen molar-refractivity contribution in [3.8, 4) is 11.1 Å². The van der Waals surface area contributed by atoms with Crippen molar-refractivity contribution in [3.05, 3.63) is 276 Å². The molecule has 2 bridgehead atoms. The maximum Gasteiger partial charge on any atom is 0.0713 e. The highest BCUT2D eigenvalue weighted by Gasteiger charge is 2.53. The van der Waals surface area contributed by atoms with Gasteiger partial charge in [-0.05, 0) is 148 Å². The highest BCUT2D eigenvalue weighted by Crippen LogP contribution is 2.61. The Morgan fingerprint density at radius 3 is 1.20 bits per heavy atom. The summed E-state index contributed by atoms with van der Waals surface area (Å²) in [5.41, 5.74) is 17.2. The minimum absolute atomic E-state index is 0.0165. The number of fused-ring (bicyclic) bond motifs is 5. The standard InChI is InChI=1S/C62H50N2/c1-6-18-48(19-7-1)62(49-20-8-2-9-21-49)59-29-17-16-28-57(59)58-43-56(40-41-60(58)62)64(53-26-14-5-15-27-53)55-38-34-47(35-39-55)61(44-45-30-31-50(61)42-45)46-32-36-54(37-33-46)63(51-22-10-3-11-23-51)52-24-12-4-13-25-52/h1-29,32-41,43,45,50H,30-31,42,44H2. The van der Waals surface area contributed by atoms with Gasteiger partial charge in [0.1, 0.15) is 0 Å². The second kappa shape index (κ2) is 15.7. The lowest BCUT2D eigenvalue weighted by atomic mass is 9.64. The van der Waals surface area contributed by atoms with Crippen LogP contribution in [0, 0.1) is 11.8 Å². The number of nitrogens with zero attached hydrogens (tertiary/aromatic N) is 2. The summed E-state index contributed by atoms with van der Waals surface area (Å²) in [6.45, 7) is 0. The first-order valence-electron chi connectivity index (χ1n) is 23.0. The van der Waals surface area contributed by atoms with Gasteiger partial charge < -0.3 is 9.80 Å². The Morgan fingerprint density at radius 1 is 0.328 bits per heavy atom. The van der Waals surface area contributed by atoms with Crippen molar-refractivity contribution in [1.29, 1.82) is 0 Å². The van der Waals surface area contributed by atoms with Crippen molar-refractivity contribution in [2.45, 2.75) is 36.5 Å². The lowest BCUT2D eigenvalue weighted by Gasteiger charge is -2.40. The monoisotopic (exact) mass is 822 g/mol. The van der Waals surface area contributed by atoms with Crippen LogP contribution >= 0.6 is 0 Å². The molecule has 3 aliphatic rings. The second-order valence-electron chi connectivity index (χ2n) is 18.1. The normalized spacial score (nSPS) is 18.9. The number of anilines is 6. The van der Waals surface area contributed by atoms with Crippen molar-refractivity contribution in [3.63, 3.8) is 0 Å². The summed E-state index contributed by atoms with van der Waals surface area (Å²) in [6, 6.07) is 90.0. The van der Waals surface area contributed by atoms with Gasteiger partial charge in [0, 0.05) is 39.5 Å². The van der Waals surface area contributed by atoms with E-state index in [2.05, 4.69) is 252 Å². The van der Waals surface area contributed by atoms with Gasteiger partial charge in [-0.1, -0.05) is 176 Å². The zero-order chi connectivity index (χ0) is 42.5. The number of hydrogen-bond donors (Lipinski definition) is 0. The highest BCUT2D eigenvalue weighted by atomic mass is 15.1. The van der Waals surface area contributed by atoms with E-state index in [-0.39, 0.29) is 5.41 Å². The molecule has 3 aliphatic carbocycles. The third-order valence-corrected chi connectivity index (χ3v) is 14.9. The fraction of sp³-hybridized carbons (Fsp3) is 0.129. The Morgan fingerprint density at radius 2 is 0.734 bits per heavy atom. The third kappa shape index (κ3) is 6.08. The SMILES string of the molecule is c1ccc(N(c2ccccc2)c2ccc(C3(c4ccc(N(c5ccccc5)c5ccc6c(c5)-c5ccccc5C6(c5ccccc5)c5ccccc5)cc4)CC4CCC3C4)cc2)cc1. The molecule has 308 valence electrons. The maximum atomic E-state index is 2.46. The molecule has 9 aromatic rings. The summed E-state index contributed by atoms with van der Waals surface area (Å²) >= 11 is 0. The molecular weight excluding hydrogens is 773 g/mol. The molecule has 9 aromatic carbocycles. The van der Waals surface area contributed by atoms with Gasteiger partial charge in [-0.2, -0.15) is 0 Å². The Hall–Kier alpha value is -7.42. The molecule has 2 heteroatoms. The van der Waals surface area contributed by atoms with Crippen molar-refractivity contribution in [2.24, 2.45) is 11.8 Å². The summed E-state index contributed by atoms with van der Waals surface area (Å²) in [5, 5.41) is 0. The first-order chi connectivity index (χ1) is 31.7. The van der Waals surface area contributed by atoms with E-state index in [9.17, 15) is 0 Å². The van der Waals surface area contributed by atoms with Gasteiger partial charge in [-0.15, -0.1) is 0 Å². The van der Waals surface area contributed by atoms with Crippen molar-refractivity contribution in [1.82, 2.24) is 0 Å². The van der Waals surface area contributed by atoms with Crippen LogP contribution < -0.4 is 9.80 Å². The van der Waals surface area contributed by atoms with Crippen LogP contribution in [0.5, 0.6) is 0 Å². The van der Waals surface area contributed by atoms with Gasteiger partial charge in [-0.25, -0.2) is 0 Å². The van der Waals surface area contributed by atoms with Gasteiger partial charge in [0.05, 0.1) is 5.41 Å². The maximum absolute atomic E-state index is 2.46. The lowest BCUT2D eigenvalue weighted by Crippen LogP contribution is -2.34. The predicted octanol–water partition coefficient (Wildman–Crippen LogP) is 16.1. The second-order valence-corrected chi connectivity index (χ2v) is 18.1. The van der Waals surface area contributed by atoms with E-state index in [0.29, 0.717) is 5.92 Å². The zero-order valence-corrected chi connectivity index (χ0v) is 36.0. The topological polar surface area (TPSA) is 6.48 Å². The summed E-state index contributed by atoms with van der Waals surface area (Å²) in [7, 11) is 0. The van der Waals surface area contributed by atoms with E-state index in [1.165, 1.54) is 75.9 Å². The third-order valence-electron chi connectivity index (χ3n) is 14.9. The summed E-state index contributed by atoms with van der Waals surface area (Å²) in [6.07, 6.45) is 5.14. The zero-order valence-electron chi connectivity index (χ0n) is 36.0. The minimum atomic E-state index is -0.430. The van der Waals surface area contributed by atoms with Gasteiger partial charge >= 0.3 is 0 Å². The largest absolute Gasteiger partial charge is 0.311 e. The van der Waals surface area contributed by atoms with E-state index in [1.807, 2.05) is 0 Å². The quantitative estimate of drug-likeness (QED) is 0.136. The molecule has 0 N–H and O–H groups in total. The molecule has 0 aromatic heterocycles. The Balaban J connectivity index is 0.953. The van der Waals surface area contributed by atoms with Gasteiger partial charge in [0.25, 0.3) is 0 Å². The molecule has 0 amide bonds. The first-order valence-corrected chi connectivity index (χ1v) is 23.0. The molecule has 0 saturated heterocycles. The van der Waals surface area contributed by atoms with E-state index in [1.54, 1.807) is 0 Å². The van der Waals surface area contributed by atoms with Crippen molar-refractivity contribution < 1.29 is 0 Å². The van der Waals surface area contributed by atoms with Crippen LogP contribution in [-0.4, -0.2) is 0 Å². The van der Waals surface area contributed by atoms with Crippen LogP contribution in [0.25, 0.3) is 11.1 Å². The Bertz CT molecular complexity index is 2960. The van der Waals surface area contributed by atoms with Gasteiger partial charge in [-0.3, -0.25) is 0 Å². The van der Waals surface area contributed by atoms with E-state index < -0.39 is 5.41 Å². The van der Waals surface area contributed by atoms with E-state index in [0.717, 1.165) is 34.4 Å². The van der Waals surface area contributed by atoms with Crippen LogP contribution in [0.3, 0.4) is 0 Å². The highest BCUT2D eigenvalue weighted by molar-refractivity contribution is 5.90. The lowest BCUT2D eigenvalue weighted by molar-refractivity contribution is 0.320. The molecule has 2 nitrogen and oxygen atoms in total. The van der Waals surface area contributed by atoms with E-state index >= 15 is 0 Å². The van der Waals surface area contributed by atoms with Crippen molar-refractivity contribution >= 4 is 34.1 Å². The minimum Gasteiger partial charge on any atom is -0.311 e. The molecule has 64 heavy (non-hydrogen) atoms. The molecule has 0 heterocycles. The van der Waals surface area contributed by atoms with Gasteiger partial charge in [0.15, 0.2) is 0 Å². The van der Waals surface area contributed by atoms with Crippen LogP contribution in [-0.2, 0) is 10.8 Å². The molecule has 0 spiro atoms. The molecule has 2 fully saturated rings. The first kappa shape index (κ1) is 38.3. The van der Waals surface area contributed by atoms with Crippen molar-refractivity contribution in [2.75, 3.05) is 9.80 Å². The molecule has 12 rings (SSSR count). The number of rotatable bonds is 10. The fourth-order valence-electron chi connectivity index (χ4n) is 12.2. The van der Waals surface area contributed by atoms with Gasteiger partial charge in [0.2, 0.25) is 0 Å². The van der Waals surface area contributed by atoms with E-state index in [4.69, 9.17) is 0 Å². The average Bonchev–Trinajstić information content (AvgIpc) is 4.08. The van der Waals surface area contributed by atoms with Crippen LogP contribution in [0.4, 0.5) is 34.1 Å². The summed E-state index contributed by atoms with van der Waals surface area (Å²) in [4.78, 5) is 4.81. The summed E-state index contributed by atoms with van der Waals surface area (Å²) < 4.78 is 0. The molecule has 0 radical (unpaired) electrons. The Kier molecular flexibility index (Phi) is 9.41. The molecule has 2 saturated carbocycles. The number of benzene rings is 9. The average molecular weight is 823 g/mol. The molecule has 3 atom stereocenters. The van der Waals surface area contributed by atoms with Crippen LogP contribution in [0.2, 0.25) is 0 Å². The van der Waals surface area contributed by atoms with Crippen LogP contribution in [0.1, 0.15) is 59.1 Å². The summed E-state index contributed by atoms with van der Waals surface area (Å²) in [5.74, 6) is 1.40. The molecule has 3 unspecified atom stereocenters. The molecular formula is C62H50N2.